The highest BCUT2D eigenvalue weighted by Gasteiger charge is 2.21. The Labute approximate surface area is 144 Å². The molecule has 3 aromatic rings. The van der Waals surface area contributed by atoms with E-state index in [4.69, 9.17) is 4.98 Å². The summed E-state index contributed by atoms with van der Waals surface area (Å²) in [7, 11) is 0. The Morgan fingerprint density at radius 1 is 0.958 bits per heavy atom. The fourth-order valence-corrected chi connectivity index (χ4v) is 3.42. The molecule has 1 N–H and O–H groups in total. The number of hydrogen-bond donors (Lipinski definition) is 1. The van der Waals surface area contributed by atoms with Crippen molar-refractivity contribution in [2.75, 3.05) is 0 Å². The maximum absolute atomic E-state index is 4.92. The minimum Gasteiger partial charge on any atom is -0.324 e. The first kappa shape index (κ1) is 16.7. The molecule has 3 heteroatoms. The van der Waals surface area contributed by atoms with Gasteiger partial charge < -0.3 is 9.88 Å². The summed E-state index contributed by atoms with van der Waals surface area (Å²) >= 11 is 0. The lowest BCUT2D eigenvalue weighted by Gasteiger charge is -2.24. The molecule has 0 aliphatic heterocycles. The van der Waals surface area contributed by atoms with Crippen molar-refractivity contribution in [2.24, 2.45) is 0 Å². The summed E-state index contributed by atoms with van der Waals surface area (Å²) in [5.74, 6) is 1.11. The predicted molar refractivity (Wildman–Crippen MR) is 101 cm³/mol. The molecule has 3 nitrogen and oxygen atoms in total. The van der Waals surface area contributed by atoms with Gasteiger partial charge in [-0.2, -0.15) is 0 Å². The summed E-state index contributed by atoms with van der Waals surface area (Å²) < 4.78 is 2.35. The van der Waals surface area contributed by atoms with Crippen molar-refractivity contribution < 1.29 is 0 Å². The van der Waals surface area contributed by atoms with E-state index >= 15 is 0 Å². The summed E-state index contributed by atoms with van der Waals surface area (Å²) in [6.45, 7) is 8.88. The highest BCUT2D eigenvalue weighted by Crippen LogP contribution is 2.27. The van der Waals surface area contributed by atoms with Gasteiger partial charge in [-0.25, -0.2) is 4.98 Å². The fraction of sp³-hybridized carbons (Fsp3) is 0.381. The van der Waals surface area contributed by atoms with Gasteiger partial charge in [-0.15, -0.1) is 0 Å². The van der Waals surface area contributed by atoms with Crippen LogP contribution in [0.4, 0.5) is 0 Å². The highest BCUT2D eigenvalue weighted by atomic mass is 15.1. The zero-order valence-electron chi connectivity index (χ0n) is 15.0. The van der Waals surface area contributed by atoms with Gasteiger partial charge >= 0.3 is 0 Å². The molecule has 126 valence electrons. The molecule has 0 saturated heterocycles. The van der Waals surface area contributed by atoms with Gasteiger partial charge in [-0.3, -0.25) is 0 Å². The molecule has 0 bridgehead atoms. The summed E-state index contributed by atoms with van der Waals surface area (Å²) in [6, 6.07) is 20.0. The van der Waals surface area contributed by atoms with Gasteiger partial charge in [0.2, 0.25) is 0 Å². The molecule has 24 heavy (non-hydrogen) atoms. The molecule has 2 atom stereocenters. The molecule has 0 aliphatic carbocycles. The van der Waals surface area contributed by atoms with E-state index < -0.39 is 0 Å². The maximum Gasteiger partial charge on any atom is 0.127 e. The number of imidazole rings is 1. The number of para-hydroxylation sites is 2. The van der Waals surface area contributed by atoms with E-state index in [0.717, 1.165) is 17.8 Å². The number of hydrogen-bond acceptors (Lipinski definition) is 2. The van der Waals surface area contributed by atoms with Crippen LogP contribution >= 0.6 is 0 Å². The van der Waals surface area contributed by atoms with Gasteiger partial charge in [-0.1, -0.05) is 49.4 Å². The van der Waals surface area contributed by atoms with Gasteiger partial charge in [0.15, 0.2) is 0 Å². The van der Waals surface area contributed by atoms with Crippen LogP contribution in [0.2, 0.25) is 0 Å². The van der Waals surface area contributed by atoms with Crippen molar-refractivity contribution in [3.8, 4) is 0 Å². The van der Waals surface area contributed by atoms with Gasteiger partial charge in [0.1, 0.15) is 5.82 Å². The average Bonchev–Trinajstić information content (AvgIpc) is 3.00. The summed E-state index contributed by atoms with van der Waals surface area (Å²) in [5, 5.41) is 3.77. The highest BCUT2D eigenvalue weighted by molar-refractivity contribution is 5.76. The zero-order chi connectivity index (χ0) is 17.1. The van der Waals surface area contributed by atoms with Crippen LogP contribution in [0, 0.1) is 0 Å². The van der Waals surface area contributed by atoms with E-state index in [1.807, 2.05) is 0 Å². The molecule has 0 fully saturated rings. The molecule has 2 aromatic carbocycles. The van der Waals surface area contributed by atoms with Crippen LogP contribution in [0.15, 0.2) is 54.6 Å². The third-order valence-corrected chi connectivity index (χ3v) is 4.59. The second kappa shape index (κ2) is 7.18. The van der Waals surface area contributed by atoms with E-state index in [0.29, 0.717) is 12.1 Å². The lowest BCUT2D eigenvalue weighted by atomic mass is 10.0. The minimum atomic E-state index is 0.185. The summed E-state index contributed by atoms with van der Waals surface area (Å²) in [4.78, 5) is 4.92. The first-order valence-electron chi connectivity index (χ1n) is 8.89. The first-order chi connectivity index (χ1) is 11.6. The second-order valence-corrected chi connectivity index (χ2v) is 6.68. The zero-order valence-corrected chi connectivity index (χ0v) is 15.0. The molecule has 0 aliphatic rings. The Hall–Kier alpha value is -2.13. The second-order valence-electron chi connectivity index (χ2n) is 6.68. The first-order valence-corrected chi connectivity index (χ1v) is 8.89. The molecule has 3 rings (SSSR count). The normalized spacial score (nSPS) is 14.2. The quantitative estimate of drug-likeness (QED) is 0.657. The predicted octanol–water partition coefficient (Wildman–Crippen LogP) is 5.42. The maximum atomic E-state index is 4.92. The molecular formula is C21H27N3. The van der Waals surface area contributed by atoms with Crippen molar-refractivity contribution in [3.05, 3.63) is 66.0 Å². The largest absolute Gasteiger partial charge is 0.324 e. The molecule has 0 amide bonds. The molecule has 1 heterocycles. The number of fused-ring (bicyclic) bond motifs is 1. The minimum absolute atomic E-state index is 0.185. The number of rotatable bonds is 6. The van der Waals surface area contributed by atoms with E-state index in [1.54, 1.807) is 0 Å². The molecule has 1 aromatic heterocycles. The third kappa shape index (κ3) is 3.22. The SMILES string of the molecule is CC[C@H](N[C@@H](C)c1nc2ccccc2n1C(C)C)c1ccccc1. The standard InChI is InChI=1S/C21H27N3/c1-5-18(17-11-7-6-8-12-17)22-16(4)21-23-19-13-9-10-14-20(19)24(21)15(2)3/h6-16,18,22H,5H2,1-4H3/t16-,18-/m0/s1. The van der Waals surface area contributed by atoms with Crippen LogP contribution in [0.5, 0.6) is 0 Å². The molecule has 0 radical (unpaired) electrons. The Kier molecular flexibility index (Phi) is 5.00. The monoisotopic (exact) mass is 321 g/mol. The van der Waals surface area contributed by atoms with Crippen LogP contribution < -0.4 is 5.32 Å². The van der Waals surface area contributed by atoms with E-state index in [9.17, 15) is 0 Å². The van der Waals surface area contributed by atoms with Crippen molar-refractivity contribution >= 4 is 11.0 Å². The summed E-state index contributed by atoms with van der Waals surface area (Å²) in [5.41, 5.74) is 3.62. The van der Waals surface area contributed by atoms with E-state index in [1.165, 1.54) is 11.1 Å². The van der Waals surface area contributed by atoms with Gasteiger partial charge in [0.25, 0.3) is 0 Å². The smallest absolute Gasteiger partial charge is 0.127 e. The van der Waals surface area contributed by atoms with Crippen molar-refractivity contribution in [3.63, 3.8) is 0 Å². The van der Waals surface area contributed by atoms with Crippen LogP contribution in [-0.2, 0) is 0 Å². The Morgan fingerprint density at radius 2 is 1.62 bits per heavy atom. The average molecular weight is 321 g/mol. The number of nitrogens with zero attached hydrogens (tertiary/aromatic N) is 2. The molecule has 0 unspecified atom stereocenters. The van der Waals surface area contributed by atoms with E-state index in [2.05, 4.69) is 92.2 Å². The van der Waals surface area contributed by atoms with Gasteiger partial charge in [-0.05, 0) is 44.9 Å². The number of aromatic nitrogens is 2. The van der Waals surface area contributed by atoms with Crippen LogP contribution in [0.1, 0.15) is 63.6 Å². The lowest BCUT2D eigenvalue weighted by molar-refractivity contribution is 0.423. The van der Waals surface area contributed by atoms with Crippen molar-refractivity contribution in [1.82, 2.24) is 14.9 Å². The third-order valence-electron chi connectivity index (χ3n) is 4.59. The van der Waals surface area contributed by atoms with Crippen LogP contribution in [0.3, 0.4) is 0 Å². The van der Waals surface area contributed by atoms with Crippen molar-refractivity contribution in [2.45, 2.75) is 52.2 Å². The van der Waals surface area contributed by atoms with Gasteiger partial charge in [0.05, 0.1) is 17.1 Å². The number of benzene rings is 2. The Balaban J connectivity index is 1.93. The molecular weight excluding hydrogens is 294 g/mol. The Morgan fingerprint density at radius 3 is 2.29 bits per heavy atom. The van der Waals surface area contributed by atoms with Crippen LogP contribution in [-0.4, -0.2) is 9.55 Å². The van der Waals surface area contributed by atoms with Gasteiger partial charge in [0, 0.05) is 12.1 Å². The van der Waals surface area contributed by atoms with Crippen LogP contribution in [0.25, 0.3) is 11.0 Å². The van der Waals surface area contributed by atoms with E-state index in [-0.39, 0.29) is 6.04 Å². The molecule has 0 saturated carbocycles. The van der Waals surface area contributed by atoms with Crippen molar-refractivity contribution in [1.29, 1.82) is 0 Å². The lowest BCUT2D eigenvalue weighted by Crippen LogP contribution is -2.27. The number of nitrogens with one attached hydrogen (secondary N) is 1. The fourth-order valence-electron chi connectivity index (χ4n) is 3.42. The topological polar surface area (TPSA) is 29.9 Å². The summed E-state index contributed by atoms with van der Waals surface area (Å²) in [6.07, 6.45) is 1.05. The molecule has 0 spiro atoms. The Bertz CT molecular complexity index is 789.